The van der Waals surface area contributed by atoms with Crippen molar-refractivity contribution in [3.05, 3.63) is 41.6 Å². The van der Waals surface area contributed by atoms with Crippen LogP contribution in [0.2, 0.25) is 5.02 Å². The van der Waals surface area contributed by atoms with E-state index in [9.17, 15) is 18.0 Å². The van der Waals surface area contributed by atoms with Crippen LogP contribution >= 0.6 is 11.6 Å². The van der Waals surface area contributed by atoms with Gasteiger partial charge in [-0.25, -0.2) is 0 Å². The van der Waals surface area contributed by atoms with Gasteiger partial charge in [0.1, 0.15) is 11.9 Å². The third kappa shape index (κ3) is 4.12. The summed E-state index contributed by atoms with van der Waals surface area (Å²) in [7, 11) is 0. The van der Waals surface area contributed by atoms with Crippen LogP contribution in [-0.4, -0.2) is 29.3 Å². The van der Waals surface area contributed by atoms with E-state index in [0.29, 0.717) is 19.4 Å². The molecule has 1 aliphatic rings. The number of nitrogens with zero attached hydrogens (tertiary/aromatic N) is 2. The van der Waals surface area contributed by atoms with Gasteiger partial charge in [-0.1, -0.05) is 18.2 Å². The largest absolute Gasteiger partial charge is 0.416 e. The molecule has 2 rings (SSSR count). The fourth-order valence-electron chi connectivity index (χ4n) is 2.63. The van der Waals surface area contributed by atoms with Crippen molar-refractivity contribution in [3.63, 3.8) is 0 Å². The van der Waals surface area contributed by atoms with Gasteiger partial charge in [-0.2, -0.15) is 18.3 Å². The third-order valence-electron chi connectivity index (χ3n) is 4.24. The summed E-state index contributed by atoms with van der Waals surface area (Å²) in [6, 6.07) is 2.82. The molecule has 1 aromatic rings. The number of rotatable bonds is 7. The van der Waals surface area contributed by atoms with Gasteiger partial charge in [0, 0.05) is 12.7 Å². The molecule has 1 saturated carbocycles. The predicted octanol–water partition coefficient (Wildman–Crippen LogP) is 4.22. The van der Waals surface area contributed by atoms with Crippen molar-refractivity contribution in [3.8, 4) is 0 Å². The summed E-state index contributed by atoms with van der Waals surface area (Å²) in [6.45, 7) is 6.27. The molecule has 2 N–H and O–H groups in total. The van der Waals surface area contributed by atoms with E-state index in [0.717, 1.165) is 24.6 Å². The first-order valence-electron chi connectivity index (χ1n) is 8.10. The first-order chi connectivity index (χ1) is 12.2. The summed E-state index contributed by atoms with van der Waals surface area (Å²) in [5.74, 6) is -0.390. The first-order valence-corrected chi connectivity index (χ1v) is 8.48. The van der Waals surface area contributed by atoms with E-state index in [1.54, 1.807) is 0 Å². The summed E-state index contributed by atoms with van der Waals surface area (Å²) in [6.07, 6.45) is 0.345. The van der Waals surface area contributed by atoms with Crippen LogP contribution in [0.15, 0.2) is 36.1 Å². The molecular formula is C17H20ClF3N4O. The van der Waals surface area contributed by atoms with Crippen molar-refractivity contribution >= 4 is 29.5 Å². The van der Waals surface area contributed by atoms with Gasteiger partial charge in [-0.15, -0.1) is 0 Å². The highest BCUT2D eigenvalue weighted by Gasteiger charge is 2.49. The van der Waals surface area contributed by atoms with E-state index in [1.165, 1.54) is 17.5 Å². The quantitative estimate of drug-likeness (QED) is 0.418. The highest BCUT2D eigenvalue weighted by Crippen LogP contribution is 2.40. The van der Waals surface area contributed by atoms with Crippen molar-refractivity contribution in [1.29, 1.82) is 0 Å². The van der Waals surface area contributed by atoms with Crippen molar-refractivity contribution in [2.45, 2.75) is 37.9 Å². The number of amides is 1. The summed E-state index contributed by atoms with van der Waals surface area (Å²) in [4.78, 5) is 12.8. The minimum absolute atomic E-state index is 0.121. The van der Waals surface area contributed by atoms with Gasteiger partial charge in [0.15, 0.2) is 0 Å². The molecule has 0 atom stereocenters. The average molecular weight is 389 g/mol. The standard InChI is InChI=1S/C17H20ClF3N4O/c1-3-22-11-23-25(4-2)16(8-5-9-16)15(26)24-14-7-6-12(10-13(14)18)17(19,20)21/h4,6-7,10-11H,2-3,5,8-9H2,1H3,(H,22,23)(H,24,26). The number of carbonyl (C=O) groups is 1. The molecule has 0 aromatic heterocycles. The molecule has 0 unspecified atom stereocenters. The maximum atomic E-state index is 12.8. The summed E-state index contributed by atoms with van der Waals surface area (Å²) >= 11 is 5.92. The zero-order chi connectivity index (χ0) is 19.4. The molecule has 0 heterocycles. The monoisotopic (exact) mass is 388 g/mol. The van der Waals surface area contributed by atoms with E-state index in [2.05, 4.69) is 22.3 Å². The van der Waals surface area contributed by atoms with Gasteiger partial charge in [0.2, 0.25) is 0 Å². The Hall–Kier alpha value is -2.22. The second-order valence-corrected chi connectivity index (χ2v) is 6.27. The van der Waals surface area contributed by atoms with Crippen LogP contribution < -0.4 is 10.6 Å². The molecule has 0 spiro atoms. The second-order valence-electron chi connectivity index (χ2n) is 5.86. The Kier molecular flexibility index (Phi) is 6.17. The Balaban J connectivity index is 2.20. The molecule has 5 nitrogen and oxygen atoms in total. The molecule has 1 amide bonds. The molecular weight excluding hydrogens is 369 g/mol. The van der Waals surface area contributed by atoms with E-state index >= 15 is 0 Å². The maximum Gasteiger partial charge on any atom is 0.416 e. The zero-order valence-electron chi connectivity index (χ0n) is 14.2. The Labute approximate surface area is 154 Å². The van der Waals surface area contributed by atoms with Crippen LogP contribution in [0.4, 0.5) is 18.9 Å². The van der Waals surface area contributed by atoms with Crippen LogP contribution in [0.5, 0.6) is 0 Å². The van der Waals surface area contributed by atoms with Crippen LogP contribution in [-0.2, 0) is 11.0 Å². The summed E-state index contributed by atoms with van der Waals surface area (Å²) in [5, 5.41) is 11.0. The highest BCUT2D eigenvalue weighted by atomic mass is 35.5. The Morgan fingerprint density at radius 1 is 1.46 bits per heavy atom. The fourth-order valence-corrected chi connectivity index (χ4v) is 2.86. The lowest BCUT2D eigenvalue weighted by Gasteiger charge is -2.45. The predicted molar refractivity (Wildman–Crippen MR) is 95.9 cm³/mol. The van der Waals surface area contributed by atoms with Crippen molar-refractivity contribution in [2.75, 3.05) is 11.9 Å². The molecule has 9 heteroatoms. The van der Waals surface area contributed by atoms with Crippen molar-refractivity contribution < 1.29 is 18.0 Å². The fraction of sp³-hybridized carbons (Fsp3) is 0.412. The SMILES string of the molecule is C=CN(/N=C\NCC)C1(C(=O)Nc2ccc(C(F)(F)F)cc2Cl)CCC1. The minimum atomic E-state index is -4.50. The second kappa shape index (κ2) is 7.99. The number of hydrazone groups is 1. The summed E-state index contributed by atoms with van der Waals surface area (Å²) in [5.41, 5.74) is -1.68. The molecule has 1 aliphatic carbocycles. The number of hydrogen-bond donors (Lipinski definition) is 2. The summed E-state index contributed by atoms with van der Waals surface area (Å²) < 4.78 is 38.2. The Morgan fingerprint density at radius 3 is 2.62 bits per heavy atom. The molecule has 0 bridgehead atoms. The van der Waals surface area contributed by atoms with Crippen LogP contribution in [0.3, 0.4) is 0 Å². The normalized spacial score (nSPS) is 16.0. The highest BCUT2D eigenvalue weighted by molar-refractivity contribution is 6.33. The molecule has 0 saturated heterocycles. The van der Waals surface area contributed by atoms with E-state index in [-0.39, 0.29) is 16.6 Å². The van der Waals surface area contributed by atoms with Crippen LogP contribution in [0.25, 0.3) is 0 Å². The molecule has 1 fully saturated rings. The maximum absolute atomic E-state index is 12.8. The van der Waals surface area contributed by atoms with Crippen molar-refractivity contribution in [1.82, 2.24) is 10.3 Å². The lowest BCUT2D eigenvalue weighted by molar-refractivity contribution is -0.137. The van der Waals surface area contributed by atoms with Gasteiger partial charge in [0.25, 0.3) is 5.91 Å². The van der Waals surface area contributed by atoms with Gasteiger partial charge in [-0.3, -0.25) is 9.80 Å². The Bertz CT molecular complexity index is 702. The molecule has 142 valence electrons. The number of anilines is 1. The third-order valence-corrected chi connectivity index (χ3v) is 4.55. The van der Waals surface area contributed by atoms with Gasteiger partial charge < -0.3 is 10.6 Å². The lowest BCUT2D eigenvalue weighted by atomic mass is 9.75. The number of carbonyl (C=O) groups excluding carboxylic acids is 1. The molecule has 1 aromatic carbocycles. The minimum Gasteiger partial charge on any atom is -0.375 e. The number of hydrogen-bond acceptors (Lipinski definition) is 3. The molecule has 0 radical (unpaired) electrons. The number of nitrogens with one attached hydrogen (secondary N) is 2. The van der Waals surface area contributed by atoms with Crippen molar-refractivity contribution in [2.24, 2.45) is 5.10 Å². The topological polar surface area (TPSA) is 56.7 Å². The van der Waals surface area contributed by atoms with Gasteiger partial charge in [-0.05, 0) is 44.4 Å². The first kappa shape index (κ1) is 20.1. The van der Waals surface area contributed by atoms with E-state index in [1.807, 2.05) is 6.92 Å². The molecule has 0 aliphatic heterocycles. The van der Waals surface area contributed by atoms with Gasteiger partial charge in [0.05, 0.1) is 16.3 Å². The smallest absolute Gasteiger partial charge is 0.375 e. The van der Waals surface area contributed by atoms with E-state index in [4.69, 9.17) is 11.6 Å². The lowest BCUT2D eigenvalue weighted by Crippen LogP contribution is -2.57. The Morgan fingerprint density at radius 2 is 2.15 bits per heavy atom. The number of benzene rings is 1. The zero-order valence-corrected chi connectivity index (χ0v) is 15.0. The van der Waals surface area contributed by atoms with Crippen LogP contribution in [0.1, 0.15) is 31.7 Å². The van der Waals surface area contributed by atoms with Crippen LogP contribution in [0, 0.1) is 0 Å². The van der Waals surface area contributed by atoms with Gasteiger partial charge >= 0.3 is 6.18 Å². The average Bonchev–Trinajstić information content (AvgIpc) is 2.53. The number of halogens is 4. The number of alkyl halides is 3. The molecule has 26 heavy (non-hydrogen) atoms. The van der Waals surface area contributed by atoms with E-state index < -0.39 is 17.3 Å².